The zero-order valence-electron chi connectivity index (χ0n) is 13.4. The van der Waals surface area contributed by atoms with Crippen molar-refractivity contribution in [3.8, 4) is 0 Å². The number of pyridine rings is 1. The van der Waals surface area contributed by atoms with Crippen molar-refractivity contribution in [2.24, 2.45) is 0 Å². The number of likely N-dealkylation sites (N-methyl/N-ethyl adjacent to an activating group) is 1. The summed E-state index contributed by atoms with van der Waals surface area (Å²) in [6.45, 7) is 0. The van der Waals surface area contributed by atoms with Gasteiger partial charge >= 0.3 is 0 Å². The summed E-state index contributed by atoms with van der Waals surface area (Å²) in [7, 11) is 2.08. The van der Waals surface area contributed by atoms with Crippen LogP contribution in [0.5, 0.6) is 0 Å². The second-order valence-corrected chi connectivity index (χ2v) is 6.90. The minimum absolute atomic E-state index is 0.101. The van der Waals surface area contributed by atoms with Gasteiger partial charge in [-0.1, -0.05) is 18.9 Å². The minimum Gasteiger partial charge on any atom is -0.352 e. The molecular weight excluding hydrogens is 304 g/mol. The van der Waals surface area contributed by atoms with Crippen LogP contribution in [0.15, 0.2) is 42.7 Å². The highest BCUT2D eigenvalue weighted by Gasteiger charge is 2.39. The molecule has 0 aromatic carbocycles. The Kier molecular flexibility index (Phi) is 3.81. The Balaban J connectivity index is 1.73. The number of aromatic nitrogens is 2. The fourth-order valence-electron chi connectivity index (χ4n) is 4.00. The Morgan fingerprint density at radius 1 is 1.17 bits per heavy atom. The lowest BCUT2D eigenvalue weighted by molar-refractivity contribution is 0.337. The van der Waals surface area contributed by atoms with Crippen LogP contribution in [0.2, 0.25) is 0 Å². The maximum Gasteiger partial charge on any atom is 0.169 e. The average Bonchev–Trinajstić information content (AvgIpc) is 3.29. The largest absolute Gasteiger partial charge is 0.352 e. The highest BCUT2D eigenvalue weighted by molar-refractivity contribution is 7.80. The Morgan fingerprint density at radius 3 is 2.74 bits per heavy atom. The van der Waals surface area contributed by atoms with Gasteiger partial charge in [-0.25, -0.2) is 0 Å². The highest BCUT2D eigenvalue weighted by atomic mass is 32.1. The molecule has 1 saturated heterocycles. The molecule has 1 N–H and O–H groups in total. The first-order valence-electron chi connectivity index (χ1n) is 8.36. The monoisotopic (exact) mass is 326 g/mol. The first-order valence-corrected chi connectivity index (χ1v) is 8.77. The van der Waals surface area contributed by atoms with E-state index >= 15 is 0 Å². The molecule has 2 atom stereocenters. The molecule has 1 aliphatic heterocycles. The second-order valence-electron chi connectivity index (χ2n) is 6.52. The number of nitrogens with one attached hydrogen (secondary N) is 1. The predicted molar refractivity (Wildman–Crippen MR) is 95.2 cm³/mol. The van der Waals surface area contributed by atoms with Gasteiger partial charge in [-0.15, -0.1) is 0 Å². The van der Waals surface area contributed by atoms with Crippen LogP contribution in [0.1, 0.15) is 55.2 Å². The number of hydrogen-bond donors (Lipinski definition) is 1. The maximum absolute atomic E-state index is 5.53. The van der Waals surface area contributed by atoms with E-state index < -0.39 is 0 Å². The lowest BCUT2D eigenvalue weighted by Gasteiger charge is -2.27. The van der Waals surface area contributed by atoms with Crippen molar-refractivity contribution in [3.05, 3.63) is 54.1 Å². The van der Waals surface area contributed by atoms with Crippen molar-refractivity contribution in [3.63, 3.8) is 0 Å². The van der Waals surface area contributed by atoms with Gasteiger partial charge in [0.2, 0.25) is 0 Å². The molecule has 0 unspecified atom stereocenters. The fourth-order valence-corrected chi connectivity index (χ4v) is 4.24. The summed E-state index contributed by atoms with van der Waals surface area (Å²) < 4.78 is 2.47. The highest BCUT2D eigenvalue weighted by Crippen LogP contribution is 2.40. The zero-order chi connectivity index (χ0) is 15.8. The summed E-state index contributed by atoms with van der Waals surface area (Å²) in [4.78, 5) is 6.73. The van der Waals surface area contributed by atoms with Crippen LogP contribution in [0, 0.1) is 0 Å². The van der Waals surface area contributed by atoms with Gasteiger partial charge in [0.05, 0.1) is 17.8 Å². The van der Waals surface area contributed by atoms with Crippen LogP contribution < -0.4 is 5.32 Å². The van der Waals surface area contributed by atoms with Crippen molar-refractivity contribution < 1.29 is 0 Å². The Labute approximate surface area is 142 Å². The lowest BCUT2D eigenvalue weighted by atomic mass is 10.0. The first kappa shape index (κ1) is 14.7. The predicted octanol–water partition coefficient (Wildman–Crippen LogP) is 3.60. The molecule has 1 aliphatic carbocycles. The molecule has 0 bridgehead atoms. The SMILES string of the molecule is CN1C(=S)N[C@H](c2ccccn2)[C@H]1c1cccn1C1CCCC1. The number of rotatable bonds is 3. The summed E-state index contributed by atoms with van der Waals surface area (Å²) in [5.41, 5.74) is 2.38. The number of hydrogen-bond acceptors (Lipinski definition) is 2. The average molecular weight is 326 g/mol. The van der Waals surface area contributed by atoms with Crippen LogP contribution in [0.4, 0.5) is 0 Å². The summed E-state index contributed by atoms with van der Waals surface area (Å²) >= 11 is 5.53. The van der Waals surface area contributed by atoms with E-state index in [1.807, 2.05) is 18.3 Å². The van der Waals surface area contributed by atoms with Crippen LogP contribution >= 0.6 is 12.2 Å². The fraction of sp³-hybridized carbons (Fsp3) is 0.444. The molecule has 4 nitrogen and oxygen atoms in total. The summed E-state index contributed by atoms with van der Waals surface area (Å²) in [6, 6.07) is 11.4. The molecule has 2 aromatic heterocycles. The third kappa shape index (κ3) is 2.53. The normalized spacial score (nSPS) is 25.1. The molecule has 0 radical (unpaired) electrons. The van der Waals surface area contributed by atoms with Gasteiger partial charge in [-0.2, -0.15) is 0 Å². The van der Waals surface area contributed by atoms with E-state index in [4.69, 9.17) is 12.2 Å². The van der Waals surface area contributed by atoms with Crippen molar-refractivity contribution in [2.45, 2.75) is 43.8 Å². The van der Waals surface area contributed by atoms with E-state index in [-0.39, 0.29) is 12.1 Å². The van der Waals surface area contributed by atoms with Crippen LogP contribution in [0.25, 0.3) is 0 Å². The van der Waals surface area contributed by atoms with Gasteiger partial charge in [-0.05, 0) is 49.3 Å². The number of nitrogens with zero attached hydrogens (tertiary/aromatic N) is 3. The third-order valence-electron chi connectivity index (χ3n) is 5.17. The molecule has 3 heterocycles. The van der Waals surface area contributed by atoms with E-state index in [1.54, 1.807) is 0 Å². The molecule has 2 aromatic rings. The molecule has 1 saturated carbocycles. The van der Waals surface area contributed by atoms with Gasteiger partial charge in [-0.3, -0.25) is 4.98 Å². The van der Waals surface area contributed by atoms with E-state index in [0.717, 1.165) is 10.8 Å². The van der Waals surface area contributed by atoms with E-state index in [1.165, 1.54) is 31.4 Å². The van der Waals surface area contributed by atoms with Gasteiger partial charge in [0.1, 0.15) is 0 Å². The third-order valence-corrected chi connectivity index (χ3v) is 5.58. The van der Waals surface area contributed by atoms with Gasteiger partial charge in [0.25, 0.3) is 0 Å². The molecule has 2 aliphatic rings. The van der Waals surface area contributed by atoms with Crippen molar-refractivity contribution in [1.29, 1.82) is 0 Å². The second kappa shape index (κ2) is 5.96. The molecular formula is C18H22N4S. The lowest BCUT2D eigenvalue weighted by Crippen LogP contribution is -2.26. The van der Waals surface area contributed by atoms with Gasteiger partial charge in [0, 0.05) is 31.2 Å². The Bertz CT molecular complexity index is 690. The molecule has 120 valence electrons. The molecule has 23 heavy (non-hydrogen) atoms. The molecule has 0 spiro atoms. The van der Waals surface area contributed by atoms with Gasteiger partial charge in [0.15, 0.2) is 5.11 Å². The van der Waals surface area contributed by atoms with Crippen molar-refractivity contribution in [1.82, 2.24) is 19.8 Å². The van der Waals surface area contributed by atoms with Gasteiger partial charge < -0.3 is 14.8 Å². The maximum atomic E-state index is 5.53. The minimum atomic E-state index is 0.101. The summed E-state index contributed by atoms with van der Waals surface area (Å²) in [6.07, 6.45) is 9.32. The zero-order valence-corrected chi connectivity index (χ0v) is 14.2. The summed E-state index contributed by atoms with van der Waals surface area (Å²) in [5, 5.41) is 4.25. The quantitative estimate of drug-likeness (QED) is 0.874. The topological polar surface area (TPSA) is 33.1 Å². The molecule has 2 fully saturated rings. The molecule has 4 rings (SSSR count). The summed E-state index contributed by atoms with van der Waals surface area (Å²) in [5.74, 6) is 0. The smallest absolute Gasteiger partial charge is 0.169 e. The Hall–Kier alpha value is -1.88. The van der Waals surface area contributed by atoms with E-state index in [9.17, 15) is 0 Å². The van der Waals surface area contributed by atoms with Crippen molar-refractivity contribution >= 4 is 17.3 Å². The van der Waals surface area contributed by atoms with E-state index in [2.05, 4.69) is 51.2 Å². The number of thiocarbonyl (C=S) groups is 1. The Morgan fingerprint density at radius 2 is 2.00 bits per heavy atom. The van der Waals surface area contributed by atoms with Crippen molar-refractivity contribution in [2.75, 3.05) is 7.05 Å². The van der Waals surface area contributed by atoms with Crippen LogP contribution in [-0.4, -0.2) is 26.6 Å². The van der Waals surface area contributed by atoms with Crippen LogP contribution in [0.3, 0.4) is 0 Å². The van der Waals surface area contributed by atoms with E-state index in [0.29, 0.717) is 6.04 Å². The first-order chi connectivity index (χ1) is 11.3. The standard InChI is InChI=1S/C18H22N4S/c1-21-17(15-10-6-12-22(15)13-7-2-3-8-13)16(20-18(21)23)14-9-4-5-11-19-14/h4-6,9-13,16-17H,2-3,7-8H2,1H3,(H,20,23)/t16-,17-/m1/s1. The molecule has 0 amide bonds. The van der Waals surface area contributed by atoms with Crippen LogP contribution in [-0.2, 0) is 0 Å². The molecule has 5 heteroatoms.